The lowest BCUT2D eigenvalue weighted by atomic mass is 9.96. The SMILES string of the molecule is O=C(CCc1cccc(Cl)c1)N1CC[C@H](c2ccc3c(c2)CCO3)C1. The summed E-state index contributed by atoms with van der Waals surface area (Å²) in [6.07, 6.45) is 3.34. The number of likely N-dealkylation sites (tertiary alicyclic amines) is 1. The van der Waals surface area contributed by atoms with Crippen molar-refractivity contribution in [2.45, 2.75) is 31.6 Å². The smallest absolute Gasteiger partial charge is 0.222 e. The number of hydrogen-bond donors (Lipinski definition) is 0. The maximum absolute atomic E-state index is 12.5. The molecule has 1 atom stereocenters. The first-order valence-corrected chi connectivity index (χ1v) is 9.35. The Bertz CT molecular complexity index is 789. The summed E-state index contributed by atoms with van der Waals surface area (Å²) in [4.78, 5) is 14.6. The molecule has 0 aliphatic carbocycles. The minimum Gasteiger partial charge on any atom is -0.493 e. The van der Waals surface area contributed by atoms with Crippen LogP contribution in [0.4, 0.5) is 0 Å². The summed E-state index contributed by atoms with van der Waals surface area (Å²) in [6.45, 7) is 2.47. The van der Waals surface area contributed by atoms with Crippen LogP contribution in [0.15, 0.2) is 42.5 Å². The fourth-order valence-electron chi connectivity index (χ4n) is 3.82. The molecular weight excluding hydrogens is 334 g/mol. The van der Waals surface area contributed by atoms with Gasteiger partial charge in [-0.1, -0.05) is 35.9 Å². The zero-order valence-corrected chi connectivity index (χ0v) is 15.0. The molecule has 0 unspecified atom stereocenters. The number of benzene rings is 2. The molecule has 0 N–H and O–H groups in total. The average Bonchev–Trinajstić information content (AvgIpc) is 3.28. The molecule has 2 aromatic carbocycles. The van der Waals surface area contributed by atoms with Gasteiger partial charge in [-0.05, 0) is 47.7 Å². The molecule has 0 aromatic heterocycles. The van der Waals surface area contributed by atoms with Crippen LogP contribution >= 0.6 is 11.6 Å². The highest BCUT2D eigenvalue weighted by Gasteiger charge is 2.28. The molecule has 1 saturated heterocycles. The molecule has 25 heavy (non-hydrogen) atoms. The summed E-state index contributed by atoms with van der Waals surface area (Å²) in [5.74, 6) is 1.71. The zero-order valence-electron chi connectivity index (χ0n) is 14.2. The molecule has 0 bridgehead atoms. The van der Waals surface area contributed by atoms with E-state index >= 15 is 0 Å². The molecule has 4 rings (SSSR count). The van der Waals surface area contributed by atoms with Crippen molar-refractivity contribution in [2.75, 3.05) is 19.7 Å². The normalized spacial score (nSPS) is 18.9. The van der Waals surface area contributed by atoms with Gasteiger partial charge in [0.25, 0.3) is 0 Å². The van der Waals surface area contributed by atoms with Gasteiger partial charge in [0.15, 0.2) is 0 Å². The second kappa shape index (κ2) is 7.09. The highest BCUT2D eigenvalue weighted by atomic mass is 35.5. The van der Waals surface area contributed by atoms with E-state index in [9.17, 15) is 4.79 Å². The number of rotatable bonds is 4. The zero-order chi connectivity index (χ0) is 17.2. The van der Waals surface area contributed by atoms with Crippen LogP contribution in [-0.2, 0) is 17.6 Å². The third-order valence-electron chi connectivity index (χ3n) is 5.24. The van der Waals surface area contributed by atoms with Crippen LogP contribution in [0.1, 0.15) is 35.4 Å². The van der Waals surface area contributed by atoms with Gasteiger partial charge in [-0.2, -0.15) is 0 Å². The van der Waals surface area contributed by atoms with E-state index in [1.165, 1.54) is 11.1 Å². The van der Waals surface area contributed by atoms with Crippen LogP contribution in [0, 0.1) is 0 Å². The van der Waals surface area contributed by atoms with Gasteiger partial charge < -0.3 is 9.64 Å². The maximum Gasteiger partial charge on any atom is 0.222 e. The van der Waals surface area contributed by atoms with E-state index in [2.05, 4.69) is 18.2 Å². The van der Waals surface area contributed by atoms with E-state index < -0.39 is 0 Å². The second-order valence-electron chi connectivity index (χ2n) is 6.92. The number of ether oxygens (including phenoxy) is 1. The first-order chi connectivity index (χ1) is 12.2. The van der Waals surface area contributed by atoms with Gasteiger partial charge in [-0.15, -0.1) is 0 Å². The Morgan fingerprint density at radius 1 is 1.24 bits per heavy atom. The van der Waals surface area contributed by atoms with E-state index in [1.54, 1.807) is 0 Å². The Morgan fingerprint density at radius 2 is 2.16 bits per heavy atom. The van der Waals surface area contributed by atoms with E-state index in [4.69, 9.17) is 16.3 Å². The van der Waals surface area contributed by atoms with Gasteiger partial charge in [-0.3, -0.25) is 4.79 Å². The molecule has 2 aliphatic rings. The van der Waals surface area contributed by atoms with Crippen molar-refractivity contribution in [3.63, 3.8) is 0 Å². The standard InChI is InChI=1S/C21H22ClNO2/c22-19-3-1-2-15(12-19)4-7-21(24)23-10-8-18(14-23)16-5-6-20-17(13-16)9-11-25-20/h1-3,5-6,12-13,18H,4,7-11,14H2/t18-/m0/s1. The van der Waals surface area contributed by atoms with Gasteiger partial charge in [0, 0.05) is 36.9 Å². The van der Waals surface area contributed by atoms with E-state index in [-0.39, 0.29) is 5.91 Å². The number of carbonyl (C=O) groups is 1. The van der Waals surface area contributed by atoms with E-state index in [0.29, 0.717) is 12.3 Å². The molecule has 0 spiro atoms. The van der Waals surface area contributed by atoms with Crippen molar-refractivity contribution in [1.29, 1.82) is 0 Å². The minimum atomic E-state index is 0.243. The van der Waals surface area contributed by atoms with Crippen molar-refractivity contribution >= 4 is 17.5 Å². The summed E-state index contributed by atoms with van der Waals surface area (Å²) in [6, 6.07) is 14.3. The van der Waals surface area contributed by atoms with Crippen molar-refractivity contribution in [2.24, 2.45) is 0 Å². The predicted octanol–water partition coefficient (Wildman–Crippen LogP) is 4.22. The largest absolute Gasteiger partial charge is 0.493 e. The molecular formula is C21H22ClNO2. The van der Waals surface area contributed by atoms with Crippen molar-refractivity contribution in [1.82, 2.24) is 4.90 Å². The number of aryl methyl sites for hydroxylation is 1. The Morgan fingerprint density at radius 3 is 3.04 bits per heavy atom. The minimum absolute atomic E-state index is 0.243. The van der Waals surface area contributed by atoms with Gasteiger partial charge in [0.2, 0.25) is 5.91 Å². The third-order valence-corrected chi connectivity index (χ3v) is 5.48. The van der Waals surface area contributed by atoms with Gasteiger partial charge in [0.05, 0.1) is 6.61 Å². The van der Waals surface area contributed by atoms with Crippen LogP contribution in [-0.4, -0.2) is 30.5 Å². The average molecular weight is 356 g/mol. The molecule has 1 amide bonds. The second-order valence-corrected chi connectivity index (χ2v) is 7.36. The highest BCUT2D eigenvalue weighted by molar-refractivity contribution is 6.30. The van der Waals surface area contributed by atoms with Gasteiger partial charge >= 0.3 is 0 Å². The Balaban J connectivity index is 1.34. The van der Waals surface area contributed by atoms with Crippen LogP contribution in [0.25, 0.3) is 0 Å². The lowest BCUT2D eigenvalue weighted by Gasteiger charge is -2.17. The van der Waals surface area contributed by atoms with Gasteiger partial charge in [0.1, 0.15) is 5.75 Å². The number of fused-ring (bicyclic) bond motifs is 1. The summed E-state index contributed by atoms with van der Waals surface area (Å²) in [7, 11) is 0. The molecule has 130 valence electrons. The van der Waals surface area contributed by atoms with E-state index in [0.717, 1.165) is 55.3 Å². The molecule has 3 nitrogen and oxygen atoms in total. The fourth-order valence-corrected chi connectivity index (χ4v) is 4.03. The van der Waals surface area contributed by atoms with Gasteiger partial charge in [-0.25, -0.2) is 0 Å². The first kappa shape index (κ1) is 16.5. The molecule has 2 heterocycles. The summed E-state index contributed by atoms with van der Waals surface area (Å²) >= 11 is 6.01. The first-order valence-electron chi connectivity index (χ1n) is 8.97. The molecule has 0 radical (unpaired) electrons. The van der Waals surface area contributed by atoms with E-state index in [1.807, 2.05) is 29.2 Å². The number of halogens is 1. The molecule has 2 aliphatic heterocycles. The number of amides is 1. The number of nitrogens with zero attached hydrogens (tertiary/aromatic N) is 1. The Kier molecular flexibility index (Phi) is 4.67. The predicted molar refractivity (Wildman–Crippen MR) is 99.4 cm³/mol. The third kappa shape index (κ3) is 3.67. The molecule has 2 aromatic rings. The van der Waals surface area contributed by atoms with Crippen LogP contribution < -0.4 is 4.74 Å². The van der Waals surface area contributed by atoms with Crippen LogP contribution in [0.5, 0.6) is 5.75 Å². The summed E-state index contributed by atoms with van der Waals surface area (Å²) < 4.78 is 5.58. The molecule has 4 heteroatoms. The quantitative estimate of drug-likeness (QED) is 0.821. The van der Waals surface area contributed by atoms with Crippen LogP contribution in [0.3, 0.4) is 0 Å². The fraction of sp³-hybridized carbons (Fsp3) is 0.381. The maximum atomic E-state index is 12.5. The molecule has 0 saturated carbocycles. The topological polar surface area (TPSA) is 29.5 Å². The summed E-state index contributed by atoms with van der Waals surface area (Å²) in [5.41, 5.74) is 3.77. The van der Waals surface area contributed by atoms with Crippen molar-refractivity contribution < 1.29 is 9.53 Å². The highest BCUT2D eigenvalue weighted by Crippen LogP contribution is 2.33. The number of hydrogen-bond acceptors (Lipinski definition) is 2. The lowest BCUT2D eigenvalue weighted by Crippen LogP contribution is -2.28. The number of carbonyl (C=O) groups excluding carboxylic acids is 1. The Hall–Kier alpha value is -2.00. The Labute approximate surface area is 153 Å². The summed E-state index contributed by atoms with van der Waals surface area (Å²) in [5, 5.41) is 0.728. The van der Waals surface area contributed by atoms with Crippen LogP contribution in [0.2, 0.25) is 5.02 Å². The van der Waals surface area contributed by atoms with Crippen molar-refractivity contribution in [3.05, 3.63) is 64.2 Å². The lowest BCUT2D eigenvalue weighted by molar-refractivity contribution is -0.130. The van der Waals surface area contributed by atoms with Crippen molar-refractivity contribution in [3.8, 4) is 5.75 Å². The monoisotopic (exact) mass is 355 g/mol. The molecule has 1 fully saturated rings.